The number of methoxy groups -OCH3 is 1. The lowest BCUT2D eigenvalue weighted by Crippen LogP contribution is -2.31. The number of ether oxygens (including phenoxy) is 3. The molecule has 2 aromatic carbocycles. The van der Waals surface area contributed by atoms with Crippen LogP contribution in [0.4, 0.5) is 5.69 Å². The van der Waals surface area contributed by atoms with Gasteiger partial charge in [-0.1, -0.05) is 26.0 Å². The molecular formula is C21H25NO5. The number of hydrogen-bond acceptors (Lipinski definition) is 5. The Bertz CT molecular complexity index is 753. The zero-order valence-electron chi connectivity index (χ0n) is 16.0. The molecule has 0 aromatic heterocycles. The zero-order chi connectivity index (χ0) is 19.8. The maximum atomic E-state index is 12.1. The zero-order valence-corrected chi connectivity index (χ0v) is 16.0. The number of amides is 1. The highest BCUT2D eigenvalue weighted by Gasteiger charge is 2.18. The molecule has 0 heterocycles. The number of benzene rings is 2. The standard InChI is InChI=1S/C21H25NO5/c1-14(2)16-5-9-19(10-6-16)26-13-20(23)27-15(3)21(24)22-17-7-11-18(25-4)12-8-17/h5-12,14-15H,13H2,1-4H3,(H,22,24)/t15-/m0/s1. The second-order valence-electron chi connectivity index (χ2n) is 6.36. The van der Waals surface area contributed by atoms with Crippen LogP contribution in [0.2, 0.25) is 0 Å². The molecule has 0 saturated carbocycles. The van der Waals surface area contributed by atoms with Gasteiger partial charge in [0.25, 0.3) is 5.91 Å². The second kappa shape index (κ2) is 9.62. The van der Waals surface area contributed by atoms with Gasteiger partial charge in [0, 0.05) is 5.69 Å². The van der Waals surface area contributed by atoms with Gasteiger partial charge in [0.15, 0.2) is 12.7 Å². The largest absolute Gasteiger partial charge is 0.497 e. The van der Waals surface area contributed by atoms with Crippen LogP contribution >= 0.6 is 0 Å². The van der Waals surface area contributed by atoms with E-state index in [-0.39, 0.29) is 6.61 Å². The van der Waals surface area contributed by atoms with Crippen LogP contribution in [0.1, 0.15) is 32.3 Å². The number of esters is 1. The SMILES string of the molecule is COc1ccc(NC(=O)[C@H](C)OC(=O)COc2ccc(C(C)C)cc2)cc1. The van der Waals surface area contributed by atoms with Crippen molar-refractivity contribution in [1.29, 1.82) is 0 Å². The molecule has 0 saturated heterocycles. The summed E-state index contributed by atoms with van der Waals surface area (Å²) in [6, 6.07) is 14.4. The van der Waals surface area contributed by atoms with Crippen molar-refractivity contribution in [3.05, 3.63) is 54.1 Å². The van der Waals surface area contributed by atoms with Crippen LogP contribution < -0.4 is 14.8 Å². The maximum absolute atomic E-state index is 12.1. The lowest BCUT2D eigenvalue weighted by Gasteiger charge is -2.14. The first-order valence-electron chi connectivity index (χ1n) is 8.76. The van der Waals surface area contributed by atoms with Crippen LogP contribution in [0.5, 0.6) is 11.5 Å². The first kappa shape index (κ1) is 20.3. The normalized spacial score (nSPS) is 11.6. The number of anilines is 1. The Morgan fingerprint density at radius 3 is 2.07 bits per heavy atom. The number of carbonyl (C=O) groups is 2. The van der Waals surface area contributed by atoms with E-state index in [2.05, 4.69) is 19.2 Å². The Morgan fingerprint density at radius 1 is 0.926 bits per heavy atom. The molecule has 2 rings (SSSR count). The summed E-state index contributed by atoms with van der Waals surface area (Å²) in [5.41, 5.74) is 1.78. The Morgan fingerprint density at radius 2 is 1.52 bits per heavy atom. The van der Waals surface area contributed by atoms with Crippen LogP contribution in [0.3, 0.4) is 0 Å². The lowest BCUT2D eigenvalue weighted by atomic mass is 10.0. The third-order valence-corrected chi connectivity index (χ3v) is 3.94. The fraction of sp³-hybridized carbons (Fsp3) is 0.333. The molecule has 0 spiro atoms. The van der Waals surface area contributed by atoms with Gasteiger partial charge in [0.2, 0.25) is 0 Å². The van der Waals surface area contributed by atoms with E-state index < -0.39 is 18.0 Å². The van der Waals surface area contributed by atoms with Crippen molar-refractivity contribution in [3.8, 4) is 11.5 Å². The van der Waals surface area contributed by atoms with Crippen molar-refractivity contribution in [2.45, 2.75) is 32.8 Å². The monoisotopic (exact) mass is 371 g/mol. The van der Waals surface area contributed by atoms with Crippen LogP contribution in [0, 0.1) is 0 Å². The van der Waals surface area contributed by atoms with Gasteiger partial charge in [-0.2, -0.15) is 0 Å². The molecule has 1 atom stereocenters. The van der Waals surface area contributed by atoms with Crippen LogP contribution in [-0.4, -0.2) is 31.7 Å². The maximum Gasteiger partial charge on any atom is 0.344 e. The average Bonchev–Trinajstić information content (AvgIpc) is 2.67. The molecule has 0 aliphatic carbocycles. The highest BCUT2D eigenvalue weighted by atomic mass is 16.6. The number of carbonyl (C=O) groups excluding carboxylic acids is 2. The minimum Gasteiger partial charge on any atom is -0.497 e. The molecule has 27 heavy (non-hydrogen) atoms. The topological polar surface area (TPSA) is 73.9 Å². The average molecular weight is 371 g/mol. The highest BCUT2D eigenvalue weighted by molar-refractivity contribution is 5.95. The van der Waals surface area contributed by atoms with Crippen LogP contribution in [0.25, 0.3) is 0 Å². The van der Waals surface area contributed by atoms with Crippen molar-refractivity contribution >= 4 is 17.6 Å². The third kappa shape index (κ3) is 6.33. The summed E-state index contributed by atoms with van der Waals surface area (Å²) < 4.78 is 15.6. The van der Waals surface area contributed by atoms with Gasteiger partial charge in [0.1, 0.15) is 11.5 Å². The number of hydrogen-bond donors (Lipinski definition) is 1. The van der Waals surface area contributed by atoms with Crippen molar-refractivity contribution in [3.63, 3.8) is 0 Å². The van der Waals surface area contributed by atoms with E-state index in [4.69, 9.17) is 14.2 Å². The van der Waals surface area contributed by atoms with Crippen molar-refractivity contribution in [2.24, 2.45) is 0 Å². The predicted octanol–water partition coefficient (Wildman–Crippen LogP) is 3.77. The summed E-state index contributed by atoms with van der Waals surface area (Å²) in [4.78, 5) is 24.0. The Labute approximate surface area is 159 Å². The van der Waals surface area contributed by atoms with Gasteiger partial charge in [0.05, 0.1) is 7.11 Å². The van der Waals surface area contributed by atoms with Crippen molar-refractivity contribution < 1.29 is 23.8 Å². The minimum atomic E-state index is -0.938. The minimum absolute atomic E-state index is 0.263. The molecule has 0 aliphatic heterocycles. The fourth-order valence-electron chi connectivity index (χ4n) is 2.29. The second-order valence-corrected chi connectivity index (χ2v) is 6.36. The molecule has 6 heteroatoms. The first-order valence-corrected chi connectivity index (χ1v) is 8.76. The summed E-state index contributed by atoms with van der Waals surface area (Å²) >= 11 is 0. The van der Waals surface area contributed by atoms with Gasteiger partial charge < -0.3 is 19.5 Å². The Kier molecular flexibility index (Phi) is 7.23. The first-order chi connectivity index (χ1) is 12.9. The molecule has 1 amide bonds. The Hall–Kier alpha value is -3.02. The molecule has 6 nitrogen and oxygen atoms in total. The summed E-state index contributed by atoms with van der Waals surface area (Å²) in [6.07, 6.45) is -0.938. The van der Waals surface area contributed by atoms with Crippen molar-refractivity contribution in [2.75, 3.05) is 19.0 Å². The van der Waals surface area contributed by atoms with E-state index in [0.717, 1.165) is 0 Å². The smallest absolute Gasteiger partial charge is 0.344 e. The molecule has 144 valence electrons. The summed E-state index contributed by atoms with van der Waals surface area (Å²) in [5, 5.41) is 2.68. The highest BCUT2D eigenvalue weighted by Crippen LogP contribution is 2.19. The Balaban J connectivity index is 1.78. The predicted molar refractivity (Wildman–Crippen MR) is 103 cm³/mol. The van der Waals surface area contributed by atoms with Gasteiger partial charge in [-0.15, -0.1) is 0 Å². The molecule has 0 aliphatic rings. The lowest BCUT2D eigenvalue weighted by molar-refractivity contribution is -0.155. The molecule has 0 fully saturated rings. The van der Waals surface area contributed by atoms with E-state index in [9.17, 15) is 9.59 Å². The fourth-order valence-corrected chi connectivity index (χ4v) is 2.29. The molecule has 1 N–H and O–H groups in total. The van der Waals surface area contributed by atoms with Gasteiger partial charge >= 0.3 is 5.97 Å². The van der Waals surface area contributed by atoms with Crippen molar-refractivity contribution in [1.82, 2.24) is 0 Å². The van der Waals surface area contributed by atoms with E-state index in [1.807, 2.05) is 24.3 Å². The molecule has 0 unspecified atom stereocenters. The summed E-state index contributed by atoms with van der Waals surface area (Å²) in [5.74, 6) is 0.655. The van der Waals surface area contributed by atoms with E-state index in [1.165, 1.54) is 12.5 Å². The van der Waals surface area contributed by atoms with Crippen LogP contribution in [-0.2, 0) is 14.3 Å². The molecular weight excluding hydrogens is 346 g/mol. The summed E-state index contributed by atoms with van der Waals surface area (Å²) in [7, 11) is 1.57. The van der Waals surface area contributed by atoms with E-state index in [0.29, 0.717) is 23.1 Å². The van der Waals surface area contributed by atoms with E-state index in [1.54, 1.807) is 31.4 Å². The number of nitrogens with one attached hydrogen (secondary N) is 1. The van der Waals surface area contributed by atoms with Gasteiger partial charge in [-0.05, 0) is 54.8 Å². The van der Waals surface area contributed by atoms with Crippen LogP contribution in [0.15, 0.2) is 48.5 Å². The van der Waals surface area contributed by atoms with E-state index >= 15 is 0 Å². The molecule has 0 radical (unpaired) electrons. The molecule has 0 bridgehead atoms. The third-order valence-electron chi connectivity index (χ3n) is 3.94. The number of rotatable bonds is 8. The van der Waals surface area contributed by atoms with Gasteiger partial charge in [-0.25, -0.2) is 4.79 Å². The molecule has 2 aromatic rings. The quantitative estimate of drug-likeness (QED) is 0.715. The summed E-state index contributed by atoms with van der Waals surface area (Å²) in [6.45, 7) is 5.45. The van der Waals surface area contributed by atoms with Gasteiger partial charge in [-0.3, -0.25) is 4.79 Å².